The van der Waals surface area contributed by atoms with E-state index in [1.807, 2.05) is 0 Å². The molecule has 4 heteroatoms. The third kappa shape index (κ3) is 3.30. The van der Waals surface area contributed by atoms with Gasteiger partial charge in [0.05, 0.1) is 0 Å². The highest BCUT2D eigenvalue weighted by Crippen LogP contribution is 2.30. The van der Waals surface area contributed by atoms with E-state index in [4.69, 9.17) is 10.5 Å². The van der Waals surface area contributed by atoms with Crippen molar-refractivity contribution in [2.45, 2.75) is 45.3 Å². The van der Waals surface area contributed by atoms with Crippen molar-refractivity contribution in [2.75, 3.05) is 19.6 Å². The van der Waals surface area contributed by atoms with Gasteiger partial charge in [0.15, 0.2) is 0 Å². The lowest BCUT2D eigenvalue weighted by molar-refractivity contribution is 0.0745. The van der Waals surface area contributed by atoms with Crippen LogP contribution in [0.15, 0.2) is 18.2 Å². The zero-order chi connectivity index (χ0) is 14.8. The number of benzene rings is 1. The highest BCUT2D eigenvalue weighted by molar-refractivity contribution is 5.38. The molecule has 1 heterocycles. The molecule has 20 heavy (non-hydrogen) atoms. The highest BCUT2D eigenvalue weighted by atomic mass is 19.1. The molecule has 2 rings (SSSR count). The topological polar surface area (TPSA) is 38.5 Å². The third-order valence-electron chi connectivity index (χ3n) is 4.04. The molecule has 1 aliphatic rings. The smallest absolute Gasteiger partial charge is 0.123 e. The van der Waals surface area contributed by atoms with Crippen LogP contribution in [0.3, 0.4) is 0 Å². The summed E-state index contributed by atoms with van der Waals surface area (Å²) >= 11 is 0. The molecule has 1 aromatic carbocycles. The van der Waals surface area contributed by atoms with Crippen molar-refractivity contribution < 1.29 is 9.13 Å². The van der Waals surface area contributed by atoms with Crippen molar-refractivity contribution in [3.63, 3.8) is 0 Å². The van der Waals surface area contributed by atoms with Crippen molar-refractivity contribution in [2.24, 2.45) is 5.73 Å². The molecule has 1 aliphatic heterocycles. The maximum Gasteiger partial charge on any atom is 0.123 e. The summed E-state index contributed by atoms with van der Waals surface area (Å²) in [4.78, 5) is 2.37. The van der Waals surface area contributed by atoms with Gasteiger partial charge in [-0.3, -0.25) is 4.90 Å². The Labute approximate surface area is 120 Å². The Bertz CT molecular complexity index is 462. The van der Waals surface area contributed by atoms with E-state index in [1.165, 1.54) is 6.07 Å². The van der Waals surface area contributed by atoms with Crippen LogP contribution in [0.25, 0.3) is 0 Å². The lowest BCUT2D eigenvalue weighted by Crippen LogP contribution is -2.52. The van der Waals surface area contributed by atoms with Crippen LogP contribution in [0.1, 0.15) is 32.8 Å². The van der Waals surface area contributed by atoms with Gasteiger partial charge in [-0.05, 0) is 45.0 Å². The van der Waals surface area contributed by atoms with Crippen LogP contribution < -0.4 is 10.5 Å². The van der Waals surface area contributed by atoms with E-state index in [1.54, 1.807) is 12.1 Å². The average molecular weight is 280 g/mol. The molecule has 0 bridgehead atoms. The summed E-state index contributed by atoms with van der Waals surface area (Å²) in [7, 11) is 0. The lowest BCUT2D eigenvalue weighted by Gasteiger charge is -2.38. The van der Waals surface area contributed by atoms with Crippen LogP contribution in [0.2, 0.25) is 0 Å². The van der Waals surface area contributed by atoms with Gasteiger partial charge < -0.3 is 10.5 Å². The molecule has 0 saturated heterocycles. The van der Waals surface area contributed by atoms with Crippen LogP contribution in [0.4, 0.5) is 4.39 Å². The van der Waals surface area contributed by atoms with Crippen molar-refractivity contribution in [3.8, 4) is 5.75 Å². The van der Waals surface area contributed by atoms with Gasteiger partial charge >= 0.3 is 0 Å². The normalized spacial score (nSPS) is 18.2. The zero-order valence-electron chi connectivity index (χ0n) is 12.7. The van der Waals surface area contributed by atoms with Gasteiger partial charge in [-0.2, -0.15) is 0 Å². The number of rotatable bonds is 6. The third-order valence-corrected chi connectivity index (χ3v) is 4.04. The second-order valence-corrected chi connectivity index (χ2v) is 6.16. The number of nitrogens with zero attached hydrogens (tertiary/aromatic N) is 1. The number of fused-ring (bicyclic) bond motifs is 1. The quantitative estimate of drug-likeness (QED) is 0.870. The molecule has 0 aromatic heterocycles. The zero-order valence-corrected chi connectivity index (χ0v) is 12.7. The maximum atomic E-state index is 13.2. The fraction of sp³-hybridized carbons (Fsp3) is 0.625. The number of halogens is 1. The fourth-order valence-electron chi connectivity index (χ4n) is 2.68. The molecule has 0 amide bonds. The fourth-order valence-corrected chi connectivity index (χ4v) is 2.68. The highest BCUT2D eigenvalue weighted by Gasteiger charge is 2.31. The minimum absolute atomic E-state index is 0.0423. The number of nitrogens with two attached hydrogens (primary N) is 1. The Morgan fingerprint density at radius 3 is 2.85 bits per heavy atom. The van der Waals surface area contributed by atoms with Gasteiger partial charge in [0.1, 0.15) is 17.7 Å². The van der Waals surface area contributed by atoms with Crippen LogP contribution >= 0.6 is 0 Å². The van der Waals surface area contributed by atoms with E-state index < -0.39 is 0 Å². The number of hydrogen-bond acceptors (Lipinski definition) is 3. The molecule has 0 spiro atoms. The van der Waals surface area contributed by atoms with Gasteiger partial charge in [-0.15, -0.1) is 0 Å². The molecule has 0 fully saturated rings. The molecule has 2 N–H and O–H groups in total. The Hall–Kier alpha value is -1.13. The summed E-state index contributed by atoms with van der Waals surface area (Å²) in [6.45, 7) is 8.92. The Morgan fingerprint density at radius 2 is 2.20 bits per heavy atom. The Balaban J connectivity index is 2.03. The van der Waals surface area contributed by atoms with Gasteiger partial charge in [0, 0.05) is 30.6 Å². The van der Waals surface area contributed by atoms with Crippen LogP contribution in [-0.2, 0) is 6.42 Å². The monoisotopic (exact) mass is 280 g/mol. The summed E-state index contributed by atoms with van der Waals surface area (Å²) in [5.74, 6) is 0.624. The SMILES string of the molecule is CCCN(CC1Cc2cc(F)ccc2O1)C(C)(C)CN. The molecule has 0 aliphatic carbocycles. The standard InChI is InChI=1S/C16H25FN2O/c1-4-7-19(16(2,3)11-18)10-14-9-12-8-13(17)5-6-15(12)20-14/h5-6,8,14H,4,7,9-11,18H2,1-3H3. The predicted molar refractivity (Wildman–Crippen MR) is 79.5 cm³/mol. The molecule has 1 atom stereocenters. The summed E-state index contributed by atoms with van der Waals surface area (Å²) in [6, 6.07) is 4.76. The second kappa shape index (κ2) is 6.10. The van der Waals surface area contributed by atoms with Crippen molar-refractivity contribution in [1.29, 1.82) is 0 Å². The molecular formula is C16H25FN2O. The first-order valence-corrected chi connectivity index (χ1v) is 7.36. The number of ether oxygens (including phenoxy) is 1. The molecular weight excluding hydrogens is 255 g/mol. The number of hydrogen-bond donors (Lipinski definition) is 1. The maximum absolute atomic E-state index is 13.2. The van der Waals surface area contributed by atoms with E-state index in [0.717, 1.165) is 37.2 Å². The van der Waals surface area contributed by atoms with E-state index in [-0.39, 0.29) is 17.5 Å². The summed E-state index contributed by atoms with van der Waals surface area (Å²) < 4.78 is 19.2. The second-order valence-electron chi connectivity index (χ2n) is 6.16. The lowest BCUT2D eigenvalue weighted by atomic mass is 10.0. The van der Waals surface area contributed by atoms with Crippen LogP contribution in [0, 0.1) is 5.82 Å². The van der Waals surface area contributed by atoms with Gasteiger partial charge in [-0.1, -0.05) is 6.92 Å². The van der Waals surface area contributed by atoms with Crippen molar-refractivity contribution in [3.05, 3.63) is 29.6 Å². The minimum Gasteiger partial charge on any atom is -0.488 e. The predicted octanol–water partition coefficient (Wildman–Crippen LogP) is 2.58. The molecule has 0 radical (unpaired) electrons. The van der Waals surface area contributed by atoms with E-state index in [2.05, 4.69) is 25.7 Å². The van der Waals surface area contributed by atoms with Gasteiger partial charge in [0.2, 0.25) is 0 Å². The first-order valence-electron chi connectivity index (χ1n) is 7.36. The molecule has 3 nitrogen and oxygen atoms in total. The first-order chi connectivity index (χ1) is 9.46. The Morgan fingerprint density at radius 1 is 1.45 bits per heavy atom. The molecule has 1 unspecified atom stereocenters. The van der Waals surface area contributed by atoms with Gasteiger partial charge in [-0.25, -0.2) is 4.39 Å². The summed E-state index contributed by atoms with van der Waals surface area (Å²) in [5, 5.41) is 0. The average Bonchev–Trinajstić information content (AvgIpc) is 2.79. The van der Waals surface area contributed by atoms with E-state index in [0.29, 0.717) is 6.54 Å². The molecule has 112 valence electrons. The van der Waals surface area contributed by atoms with Crippen LogP contribution in [0.5, 0.6) is 5.75 Å². The largest absolute Gasteiger partial charge is 0.488 e. The van der Waals surface area contributed by atoms with Crippen molar-refractivity contribution in [1.82, 2.24) is 4.90 Å². The van der Waals surface area contributed by atoms with Gasteiger partial charge in [0.25, 0.3) is 0 Å². The van der Waals surface area contributed by atoms with Crippen LogP contribution in [-0.4, -0.2) is 36.2 Å². The minimum atomic E-state index is -0.194. The Kier molecular flexibility index (Phi) is 4.66. The molecule has 1 aromatic rings. The summed E-state index contributed by atoms with van der Waals surface area (Å²) in [6.07, 6.45) is 1.94. The first kappa shape index (κ1) is 15.3. The summed E-state index contributed by atoms with van der Waals surface area (Å²) in [5.41, 5.74) is 6.81. The van der Waals surface area contributed by atoms with E-state index >= 15 is 0 Å². The molecule has 0 saturated carbocycles. The van der Waals surface area contributed by atoms with E-state index in [9.17, 15) is 4.39 Å². The van der Waals surface area contributed by atoms with Crippen molar-refractivity contribution >= 4 is 0 Å².